The number of carbonyl (C=O) groups excluding carboxylic acids is 1. The maximum Gasteiger partial charge on any atom is 0.250 e. The minimum Gasteiger partial charge on any atom is -0.459 e. The lowest BCUT2D eigenvalue weighted by Crippen LogP contribution is -2.15. The Kier molecular flexibility index (Phi) is 4.07. The van der Waals surface area contributed by atoms with Gasteiger partial charge in [0.1, 0.15) is 18.0 Å². The quantitative estimate of drug-likeness (QED) is 0.676. The Balaban J connectivity index is 1.68. The SMILES string of the molecule is O=C(CO)Nc1cccc(NCc2cc3ccccc3o2)c1. The highest BCUT2D eigenvalue weighted by Gasteiger charge is 2.04. The summed E-state index contributed by atoms with van der Waals surface area (Å²) in [5.41, 5.74) is 2.35. The zero-order valence-corrected chi connectivity index (χ0v) is 11.9. The summed E-state index contributed by atoms with van der Waals surface area (Å²) in [4.78, 5) is 11.2. The molecule has 2 aromatic carbocycles. The molecule has 22 heavy (non-hydrogen) atoms. The van der Waals surface area contributed by atoms with Crippen molar-refractivity contribution in [3.63, 3.8) is 0 Å². The van der Waals surface area contributed by atoms with E-state index in [1.807, 2.05) is 42.5 Å². The van der Waals surface area contributed by atoms with E-state index in [0.29, 0.717) is 12.2 Å². The lowest BCUT2D eigenvalue weighted by molar-refractivity contribution is -0.118. The van der Waals surface area contributed by atoms with Gasteiger partial charge in [0.25, 0.3) is 0 Å². The Hall–Kier alpha value is -2.79. The van der Waals surface area contributed by atoms with Crippen molar-refractivity contribution in [2.75, 3.05) is 17.2 Å². The van der Waals surface area contributed by atoms with Crippen LogP contribution in [-0.2, 0) is 11.3 Å². The molecule has 3 rings (SSSR count). The second-order valence-corrected chi connectivity index (χ2v) is 4.89. The smallest absolute Gasteiger partial charge is 0.250 e. The van der Waals surface area contributed by atoms with Crippen LogP contribution in [-0.4, -0.2) is 17.6 Å². The van der Waals surface area contributed by atoms with Crippen molar-refractivity contribution < 1.29 is 14.3 Å². The highest BCUT2D eigenvalue weighted by Crippen LogP contribution is 2.21. The molecule has 1 amide bonds. The van der Waals surface area contributed by atoms with Crippen LogP contribution in [0.5, 0.6) is 0 Å². The number of aliphatic hydroxyl groups excluding tert-OH is 1. The highest BCUT2D eigenvalue weighted by atomic mass is 16.3. The summed E-state index contributed by atoms with van der Waals surface area (Å²) < 4.78 is 5.74. The van der Waals surface area contributed by atoms with Gasteiger partial charge in [-0.1, -0.05) is 24.3 Å². The number of fused-ring (bicyclic) bond motifs is 1. The first-order chi connectivity index (χ1) is 10.7. The molecular weight excluding hydrogens is 280 g/mol. The van der Waals surface area contributed by atoms with Gasteiger partial charge < -0.3 is 20.2 Å². The van der Waals surface area contributed by atoms with Gasteiger partial charge in [-0.3, -0.25) is 4.79 Å². The number of hydrogen-bond acceptors (Lipinski definition) is 4. The average molecular weight is 296 g/mol. The number of amides is 1. The van der Waals surface area contributed by atoms with Crippen molar-refractivity contribution in [3.8, 4) is 0 Å². The van der Waals surface area contributed by atoms with Crippen LogP contribution in [0.15, 0.2) is 59.0 Å². The van der Waals surface area contributed by atoms with E-state index in [1.54, 1.807) is 12.1 Å². The van der Waals surface area contributed by atoms with E-state index in [0.717, 1.165) is 22.4 Å². The fourth-order valence-corrected chi connectivity index (χ4v) is 2.22. The first-order valence-corrected chi connectivity index (χ1v) is 6.97. The van der Waals surface area contributed by atoms with Gasteiger partial charge in [-0.15, -0.1) is 0 Å². The third kappa shape index (κ3) is 3.27. The summed E-state index contributed by atoms with van der Waals surface area (Å²) in [7, 11) is 0. The molecule has 1 heterocycles. The summed E-state index contributed by atoms with van der Waals surface area (Å²) >= 11 is 0. The Morgan fingerprint density at radius 3 is 2.68 bits per heavy atom. The summed E-state index contributed by atoms with van der Waals surface area (Å²) in [5.74, 6) is 0.403. The molecule has 0 radical (unpaired) electrons. The molecule has 0 aliphatic rings. The Bertz CT molecular complexity index is 762. The molecule has 0 atom stereocenters. The zero-order valence-electron chi connectivity index (χ0n) is 11.9. The van der Waals surface area contributed by atoms with E-state index >= 15 is 0 Å². The number of anilines is 2. The number of benzene rings is 2. The lowest BCUT2D eigenvalue weighted by atomic mass is 10.2. The Labute approximate surface area is 127 Å². The maximum atomic E-state index is 11.2. The van der Waals surface area contributed by atoms with Gasteiger partial charge in [0.15, 0.2) is 0 Å². The molecule has 0 fully saturated rings. The molecule has 5 nitrogen and oxygen atoms in total. The molecule has 0 unspecified atom stereocenters. The third-order valence-corrected chi connectivity index (χ3v) is 3.23. The summed E-state index contributed by atoms with van der Waals surface area (Å²) in [6, 6.07) is 17.1. The van der Waals surface area contributed by atoms with Crippen LogP contribution in [0.3, 0.4) is 0 Å². The Morgan fingerprint density at radius 2 is 1.86 bits per heavy atom. The van der Waals surface area contributed by atoms with E-state index in [1.165, 1.54) is 0 Å². The van der Waals surface area contributed by atoms with Gasteiger partial charge in [-0.05, 0) is 30.3 Å². The topological polar surface area (TPSA) is 74.5 Å². The van der Waals surface area contributed by atoms with Gasteiger partial charge in [-0.2, -0.15) is 0 Å². The van der Waals surface area contributed by atoms with Gasteiger partial charge in [-0.25, -0.2) is 0 Å². The predicted molar refractivity (Wildman–Crippen MR) is 85.7 cm³/mol. The van der Waals surface area contributed by atoms with Crippen LogP contribution in [0.25, 0.3) is 11.0 Å². The molecule has 1 aromatic heterocycles. The molecule has 5 heteroatoms. The molecule has 0 bridgehead atoms. The zero-order chi connectivity index (χ0) is 15.4. The monoisotopic (exact) mass is 296 g/mol. The number of furan rings is 1. The molecular formula is C17H16N2O3. The first kappa shape index (κ1) is 14.2. The van der Waals surface area contributed by atoms with Crippen LogP contribution in [0, 0.1) is 0 Å². The van der Waals surface area contributed by atoms with Crippen molar-refractivity contribution >= 4 is 28.3 Å². The second-order valence-electron chi connectivity index (χ2n) is 4.89. The summed E-state index contributed by atoms with van der Waals surface area (Å²) in [6.07, 6.45) is 0. The number of hydrogen-bond donors (Lipinski definition) is 3. The van der Waals surface area contributed by atoms with Crippen LogP contribution in [0.2, 0.25) is 0 Å². The lowest BCUT2D eigenvalue weighted by Gasteiger charge is -2.08. The third-order valence-electron chi connectivity index (χ3n) is 3.23. The molecule has 3 aromatic rings. The van der Waals surface area contributed by atoms with Gasteiger partial charge in [0.05, 0.1) is 6.54 Å². The van der Waals surface area contributed by atoms with E-state index in [9.17, 15) is 4.79 Å². The molecule has 0 spiro atoms. The highest BCUT2D eigenvalue weighted by molar-refractivity contribution is 5.92. The fourth-order valence-electron chi connectivity index (χ4n) is 2.22. The number of nitrogens with one attached hydrogen (secondary N) is 2. The summed E-state index contributed by atoms with van der Waals surface area (Å²) in [6.45, 7) is 0.0166. The van der Waals surface area contributed by atoms with Gasteiger partial charge in [0, 0.05) is 16.8 Å². The number of para-hydroxylation sites is 1. The van der Waals surface area contributed by atoms with Gasteiger partial charge in [0.2, 0.25) is 5.91 Å². The van der Waals surface area contributed by atoms with E-state index in [-0.39, 0.29) is 0 Å². The predicted octanol–water partition coefficient (Wildman–Crippen LogP) is 2.98. The minimum atomic E-state index is -0.531. The van der Waals surface area contributed by atoms with E-state index in [4.69, 9.17) is 9.52 Å². The summed E-state index contributed by atoms with van der Waals surface area (Å²) in [5, 5.41) is 15.7. The van der Waals surface area contributed by atoms with Crippen LogP contribution < -0.4 is 10.6 Å². The van der Waals surface area contributed by atoms with Crippen molar-refractivity contribution in [1.29, 1.82) is 0 Å². The molecule has 0 saturated carbocycles. The number of aliphatic hydroxyl groups is 1. The standard InChI is InChI=1S/C17H16N2O3/c20-11-17(21)19-14-6-3-5-13(9-14)18-10-15-8-12-4-1-2-7-16(12)22-15/h1-9,18,20H,10-11H2,(H,19,21). The van der Waals surface area contributed by atoms with Crippen LogP contribution >= 0.6 is 0 Å². The average Bonchev–Trinajstić information content (AvgIpc) is 2.96. The molecule has 0 aliphatic heterocycles. The molecule has 0 aliphatic carbocycles. The maximum absolute atomic E-state index is 11.2. The van der Waals surface area contributed by atoms with E-state index < -0.39 is 12.5 Å². The van der Waals surface area contributed by atoms with Crippen molar-refractivity contribution in [1.82, 2.24) is 0 Å². The Morgan fingerprint density at radius 1 is 1.05 bits per heavy atom. The second kappa shape index (κ2) is 6.32. The first-order valence-electron chi connectivity index (χ1n) is 6.97. The van der Waals surface area contributed by atoms with E-state index in [2.05, 4.69) is 10.6 Å². The number of carbonyl (C=O) groups is 1. The van der Waals surface area contributed by atoms with Crippen molar-refractivity contribution in [3.05, 3.63) is 60.4 Å². The fraction of sp³-hybridized carbons (Fsp3) is 0.118. The molecule has 112 valence electrons. The van der Waals surface area contributed by atoms with Crippen molar-refractivity contribution in [2.24, 2.45) is 0 Å². The molecule has 3 N–H and O–H groups in total. The van der Waals surface area contributed by atoms with Gasteiger partial charge >= 0.3 is 0 Å². The van der Waals surface area contributed by atoms with Crippen LogP contribution in [0.4, 0.5) is 11.4 Å². The normalized spacial score (nSPS) is 10.6. The van der Waals surface area contributed by atoms with Crippen molar-refractivity contribution in [2.45, 2.75) is 6.54 Å². The number of rotatable bonds is 5. The van der Waals surface area contributed by atoms with Crippen LogP contribution in [0.1, 0.15) is 5.76 Å². The molecule has 0 saturated heterocycles. The minimum absolute atomic E-state index is 0.436. The largest absolute Gasteiger partial charge is 0.459 e.